The molecule has 2 rings (SSSR count). The van der Waals surface area contributed by atoms with E-state index in [9.17, 15) is 13.2 Å². The number of benzene rings is 1. The molecule has 0 aromatic heterocycles. The number of hydrogen-bond acceptors (Lipinski definition) is 2. The van der Waals surface area contributed by atoms with Crippen LogP contribution in [0.3, 0.4) is 0 Å². The number of hydrogen-bond donors (Lipinski definition) is 1. The third-order valence-corrected chi connectivity index (χ3v) is 2.98. The molecule has 5 heteroatoms. The van der Waals surface area contributed by atoms with E-state index in [1.807, 2.05) is 6.08 Å². The van der Waals surface area contributed by atoms with Crippen molar-refractivity contribution < 1.29 is 17.9 Å². The summed E-state index contributed by atoms with van der Waals surface area (Å²) in [5, 5.41) is 0. The van der Waals surface area contributed by atoms with Gasteiger partial charge in [-0.15, -0.1) is 0 Å². The van der Waals surface area contributed by atoms with Crippen LogP contribution in [0.4, 0.5) is 18.9 Å². The fourth-order valence-electron chi connectivity index (χ4n) is 2.17. The topological polar surface area (TPSA) is 35.2 Å². The zero-order valence-corrected chi connectivity index (χ0v) is 9.97. The van der Waals surface area contributed by atoms with E-state index >= 15 is 0 Å². The Morgan fingerprint density at radius 3 is 2.50 bits per heavy atom. The van der Waals surface area contributed by atoms with Gasteiger partial charge in [0.2, 0.25) is 0 Å². The van der Waals surface area contributed by atoms with E-state index in [4.69, 9.17) is 10.5 Å². The Hall–Kier alpha value is -1.49. The Morgan fingerprint density at radius 2 is 2.00 bits per heavy atom. The van der Waals surface area contributed by atoms with Gasteiger partial charge in [-0.2, -0.15) is 13.2 Å². The molecule has 0 atom stereocenters. The summed E-state index contributed by atoms with van der Waals surface area (Å²) in [6.45, 7) is 2.71. The predicted molar refractivity (Wildman–Crippen MR) is 64.0 cm³/mol. The Morgan fingerprint density at radius 1 is 1.28 bits per heavy atom. The molecule has 0 radical (unpaired) electrons. The molecule has 2 N–H and O–H groups in total. The minimum atomic E-state index is -4.36. The average Bonchev–Trinajstić information content (AvgIpc) is 2.28. The normalized spacial score (nSPS) is 16.6. The van der Waals surface area contributed by atoms with Crippen molar-refractivity contribution >= 4 is 11.3 Å². The zero-order chi connectivity index (χ0) is 13.3. The maximum Gasteiger partial charge on any atom is 0.416 e. The van der Waals surface area contributed by atoms with Crippen molar-refractivity contribution in [3.63, 3.8) is 0 Å². The predicted octanol–water partition coefficient (Wildman–Crippen LogP) is 3.40. The first-order valence-electron chi connectivity index (χ1n) is 5.64. The van der Waals surface area contributed by atoms with Crippen LogP contribution < -0.4 is 5.73 Å². The Labute approximate surface area is 103 Å². The molecule has 0 bridgehead atoms. The first-order valence-corrected chi connectivity index (χ1v) is 5.64. The van der Waals surface area contributed by atoms with Crippen LogP contribution in [-0.2, 0) is 10.9 Å². The van der Waals surface area contributed by atoms with E-state index in [2.05, 4.69) is 0 Å². The molecule has 0 saturated carbocycles. The highest BCUT2D eigenvalue weighted by atomic mass is 19.4. The van der Waals surface area contributed by atoms with Crippen LogP contribution in [0.1, 0.15) is 23.1 Å². The van der Waals surface area contributed by atoms with Crippen LogP contribution in [0.15, 0.2) is 18.2 Å². The lowest BCUT2D eigenvalue weighted by atomic mass is 9.93. The number of rotatable bonds is 1. The van der Waals surface area contributed by atoms with Crippen molar-refractivity contribution in [3.8, 4) is 0 Å². The summed E-state index contributed by atoms with van der Waals surface area (Å²) in [5.74, 6) is 0. The van der Waals surface area contributed by atoms with Gasteiger partial charge in [-0.3, -0.25) is 0 Å². The van der Waals surface area contributed by atoms with E-state index in [1.165, 1.54) is 0 Å². The highest BCUT2D eigenvalue weighted by Gasteiger charge is 2.31. The molecule has 1 aliphatic heterocycles. The van der Waals surface area contributed by atoms with Gasteiger partial charge in [-0.05, 0) is 36.6 Å². The molecule has 18 heavy (non-hydrogen) atoms. The van der Waals surface area contributed by atoms with E-state index in [-0.39, 0.29) is 5.69 Å². The van der Waals surface area contributed by atoms with Crippen LogP contribution in [0.2, 0.25) is 0 Å². The zero-order valence-electron chi connectivity index (χ0n) is 9.97. The molecule has 0 spiro atoms. The van der Waals surface area contributed by atoms with Gasteiger partial charge in [0.15, 0.2) is 0 Å². The second kappa shape index (κ2) is 4.65. The molecule has 1 aromatic rings. The third kappa shape index (κ3) is 2.51. The first-order chi connectivity index (χ1) is 8.39. The number of alkyl halides is 3. The third-order valence-electron chi connectivity index (χ3n) is 2.98. The van der Waals surface area contributed by atoms with Gasteiger partial charge in [0.1, 0.15) is 0 Å². The standard InChI is InChI=1S/C13H14F3NO/c1-8-6-10(13(14,15)16)7-11(17)12(8)9-2-4-18-5-3-9/h2,6-7H,3-5,17H2,1H3. The van der Waals surface area contributed by atoms with Crippen LogP contribution in [0, 0.1) is 6.92 Å². The molecule has 2 nitrogen and oxygen atoms in total. The largest absolute Gasteiger partial charge is 0.416 e. The van der Waals surface area contributed by atoms with E-state index < -0.39 is 11.7 Å². The van der Waals surface area contributed by atoms with Crippen LogP contribution in [-0.4, -0.2) is 13.2 Å². The van der Waals surface area contributed by atoms with Gasteiger partial charge >= 0.3 is 6.18 Å². The first kappa shape index (κ1) is 13.0. The lowest BCUT2D eigenvalue weighted by Gasteiger charge is -2.19. The summed E-state index contributed by atoms with van der Waals surface area (Å²) in [7, 11) is 0. The molecule has 1 aliphatic rings. The van der Waals surface area contributed by atoms with Gasteiger partial charge < -0.3 is 10.5 Å². The molecule has 0 saturated heterocycles. The molecule has 0 fully saturated rings. The minimum Gasteiger partial charge on any atom is -0.398 e. The summed E-state index contributed by atoms with van der Waals surface area (Å²) in [5.41, 5.74) is 7.47. The smallest absolute Gasteiger partial charge is 0.398 e. The summed E-state index contributed by atoms with van der Waals surface area (Å²) in [4.78, 5) is 0. The van der Waals surface area contributed by atoms with E-state index in [0.29, 0.717) is 30.8 Å². The Bertz CT molecular complexity index is 468. The molecular weight excluding hydrogens is 243 g/mol. The molecule has 98 valence electrons. The van der Waals surface area contributed by atoms with Gasteiger partial charge in [0, 0.05) is 11.3 Å². The number of aryl methyl sites for hydroxylation is 1. The highest BCUT2D eigenvalue weighted by molar-refractivity contribution is 5.78. The molecule has 0 amide bonds. The van der Waals surface area contributed by atoms with Crippen LogP contribution >= 0.6 is 0 Å². The number of nitrogen functional groups attached to an aromatic ring is 1. The van der Waals surface area contributed by atoms with Gasteiger partial charge in [0.05, 0.1) is 18.8 Å². The van der Waals surface area contributed by atoms with Crippen molar-refractivity contribution in [3.05, 3.63) is 34.9 Å². The summed E-state index contributed by atoms with van der Waals surface area (Å²) in [6.07, 6.45) is -1.81. The molecule has 1 heterocycles. The second-order valence-electron chi connectivity index (χ2n) is 4.31. The molecular formula is C13H14F3NO. The van der Waals surface area contributed by atoms with E-state index in [0.717, 1.165) is 17.7 Å². The van der Waals surface area contributed by atoms with E-state index in [1.54, 1.807) is 6.92 Å². The SMILES string of the molecule is Cc1cc(C(F)(F)F)cc(N)c1C1=CCOCC1. The molecule has 0 unspecified atom stereocenters. The maximum absolute atomic E-state index is 12.6. The van der Waals surface area contributed by atoms with Gasteiger partial charge in [-0.1, -0.05) is 6.08 Å². The van der Waals surface area contributed by atoms with Crippen molar-refractivity contribution in [2.24, 2.45) is 0 Å². The van der Waals surface area contributed by atoms with Crippen LogP contribution in [0.5, 0.6) is 0 Å². The van der Waals surface area contributed by atoms with Crippen molar-refractivity contribution in [1.82, 2.24) is 0 Å². The number of nitrogens with two attached hydrogens (primary N) is 1. The second-order valence-corrected chi connectivity index (χ2v) is 4.31. The van der Waals surface area contributed by atoms with Gasteiger partial charge in [0.25, 0.3) is 0 Å². The quantitative estimate of drug-likeness (QED) is 0.782. The molecule has 1 aromatic carbocycles. The fraction of sp³-hybridized carbons (Fsp3) is 0.385. The monoisotopic (exact) mass is 257 g/mol. The lowest BCUT2D eigenvalue weighted by Crippen LogP contribution is -2.10. The summed E-state index contributed by atoms with van der Waals surface area (Å²) >= 11 is 0. The Kier molecular flexibility index (Phi) is 3.34. The van der Waals surface area contributed by atoms with Crippen molar-refractivity contribution in [2.75, 3.05) is 18.9 Å². The average molecular weight is 257 g/mol. The Balaban J connectivity index is 2.47. The number of anilines is 1. The lowest BCUT2D eigenvalue weighted by molar-refractivity contribution is -0.137. The van der Waals surface area contributed by atoms with Crippen molar-refractivity contribution in [2.45, 2.75) is 19.5 Å². The van der Waals surface area contributed by atoms with Gasteiger partial charge in [-0.25, -0.2) is 0 Å². The number of halogens is 3. The van der Waals surface area contributed by atoms with Crippen LogP contribution in [0.25, 0.3) is 5.57 Å². The maximum atomic E-state index is 12.6. The minimum absolute atomic E-state index is 0.176. The van der Waals surface area contributed by atoms with Crippen molar-refractivity contribution in [1.29, 1.82) is 0 Å². The fourth-order valence-corrected chi connectivity index (χ4v) is 2.17. The highest BCUT2D eigenvalue weighted by Crippen LogP contribution is 2.36. The summed E-state index contributed by atoms with van der Waals surface area (Å²) < 4.78 is 43.1. The molecule has 0 aliphatic carbocycles. The summed E-state index contributed by atoms with van der Waals surface area (Å²) in [6, 6.07) is 2.14. The number of ether oxygens (including phenoxy) is 1.